The fourth-order valence-electron chi connectivity index (χ4n) is 3.38. The maximum atomic E-state index is 13.8. The van der Waals surface area contributed by atoms with Crippen molar-refractivity contribution in [1.29, 1.82) is 0 Å². The lowest BCUT2D eigenvalue weighted by molar-refractivity contribution is 0.155. The summed E-state index contributed by atoms with van der Waals surface area (Å²) < 4.78 is 51.4. The molecule has 2 atom stereocenters. The standard InChI is InChI=1S/C28H48N2O4S3Si/c1-22(2)16-17-30(37(32,33)24-14-12-11-13-15-24)20-25(34-38(9,10)28(6,7)8)26-18-23(21-35-26)19-29-36(31)27(3,4)5/h11-15,18,21-22,25,29H,16-17,19-20H2,1-10H3. The van der Waals surface area contributed by atoms with Crippen LogP contribution in [-0.2, 0) is 32.0 Å². The Bertz CT molecular complexity index is 1150. The van der Waals surface area contributed by atoms with Crippen molar-refractivity contribution in [3.63, 3.8) is 0 Å². The van der Waals surface area contributed by atoms with Gasteiger partial charge in [-0.15, -0.1) is 11.3 Å². The van der Waals surface area contributed by atoms with Crippen LogP contribution in [0.2, 0.25) is 18.1 Å². The van der Waals surface area contributed by atoms with Crippen LogP contribution in [0.5, 0.6) is 0 Å². The van der Waals surface area contributed by atoms with Crippen molar-refractivity contribution in [2.45, 2.75) is 102 Å². The maximum absolute atomic E-state index is 13.8. The number of benzene rings is 1. The lowest BCUT2D eigenvalue weighted by Gasteiger charge is -2.40. The van der Waals surface area contributed by atoms with Crippen LogP contribution in [-0.4, -0.2) is 43.1 Å². The van der Waals surface area contributed by atoms with E-state index in [0.29, 0.717) is 23.9 Å². The molecule has 1 aromatic heterocycles. The van der Waals surface area contributed by atoms with Crippen LogP contribution in [0.1, 0.15) is 78.4 Å². The number of hydrogen-bond acceptors (Lipinski definition) is 5. The molecule has 0 saturated heterocycles. The second-order valence-corrected chi connectivity index (χ2v) is 22.5. The van der Waals surface area contributed by atoms with Gasteiger partial charge in [0.15, 0.2) is 8.32 Å². The molecule has 216 valence electrons. The summed E-state index contributed by atoms with van der Waals surface area (Å²) in [4.78, 5) is 1.29. The molecule has 0 radical (unpaired) electrons. The van der Waals surface area contributed by atoms with Gasteiger partial charge in [-0.05, 0) is 80.4 Å². The van der Waals surface area contributed by atoms with Crippen LogP contribution in [0.4, 0.5) is 0 Å². The van der Waals surface area contributed by atoms with Crippen molar-refractivity contribution in [1.82, 2.24) is 9.03 Å². The first-order valence-electron chi connectivity index (χ1n) is 13.3. The van der Waals surface area contributed by atoms with Gasteiger partial charge in [-0.3, -0.25) is 0 Å². The van der Waals surface area contributed by atoms with Crippen LogP contribution in [0, 0.1) is 5.92 Å². The van der Waals surface area contributed by atoms with E-state index >= 15 is 0 Å². The number of nitrogens with one attached hydrogen (secondary N) is 1. The molecule has 0 spiro atoms. The average Bonchev–Trinajstić information content (AvgIpc) is 3.27. The van der Waals surface area contributed by atoms with E-state index in [2.05, 4.69) is 58.5 Å². The molecule has 2 unspecified atom stereocenters. The fraction of sp³-hybridized carbons (Fsp3) is 0.643. The van der Waals surface area contributed by atoms with Crippen molar-refractivity contribution in [3.05, 3.63) is 52.2 Å². The first-order chi connectivity index (χ1) is 17.3. The molecule has 0 bridgehead atoms. The molecule has 0 amide bonds. The zero-order valence-corrected chi connectivity index (χ0v) is 28.3. The minimum absolute atomic E-state index is 0.0302. The SMILES string of the molecule is CC(C)CCN(CC(O[Si](C)(C)C(C)(C)C)c1cc(CNS(=O)C(C)(C)C)cs1)S(=O)(=O)c1ccccc1. The van der Waals surface area contributed by atoms with E-state index in [0.717, 1.165) is 16.9 Å². The van der Waals surface area contributed by atoms with Crippen LogP contribution >= 0.6 is 11.3 Å². The first kappa shape index (κ1) is 33.3. The summed E-state index contributed by atoms with van der Waals surface area (Å²) in [5, 5.41) is 2.02. The number of nitrogens with zero attached hydrogens (tertiary/aromatic N) is 1. The zero-order chi connectivity index (χ0) is 28.9. The predicted octanol–water partition coefficient (Wildman–Crippen LogP) is 7.10. The van der Waals surface area contributed by atoms with Gasteiger partial charge in [0.05, 0.1) is 26.7 Å². The van der Waals surface area contributed by atoms with Crippen LogP contribution in [0.3, 0.4) is 0 Å². The predicted molar refractivity (Wildman–Crippen MR) is 165 cm³/mol. The van der Waals surface area contributed by atoms with E-state index in [-0.39, 0.29) is 16.3 Å². The third kappa shape index (κ3) is 9.35. The van der Waals surface area contributed by atoms with Crippen molar-refractivity contribution < 1.29 is 17.1 Å². The van der Waals surface area contributed by atoms with Gasteiger partial charge in [-0.2, -0.15) is 4.31 Å². The fourth-order valence-corrected chi connectivity index (χ4v) is 7.87. The van der Waals surface area contributed by atoms with Gasteiger partial charge < -0.3 is 4.43 Å². The van der Waals surface area contributed by atoms with E-state index < -0.39 is 35.4 Å². The van der Waals surface area contributed by atoms with Crippen LogP contribution < -0.4 is 4.72 Å². The Hall–Kier alpha value is -0.883. The average molecular weight is 601 g/mol. The lowest BCUT2D eigenvalue weighted by atomic mass is 10.1. The highest BCUT2D eigenvalue weighted by Crippen LogP contribution is 2.41. The molecule has 6 nitrogen and oxygen atoms in total. The Kier molecular flexibility index (Phi) is 11.6. The van der Waals surface area contributed by atoms with Gasteiger partial charge >= 0.3 is 0 Å². The molecule has 38 heavy (non-hydrogen) atoms. The van der Waals surface area contributed by atoms with E-state index in [4.69, 9.17) is 4.43 Å². The molecule has 1 N–H and O–H groups in total. The Labute approximate surface area is 239 Å². The number of hydrogen-bond donors (Lipinski definition) is 1. The summed E-state index contributed by atoms with van der Waals surface area (Å²) in [5.74, 6) is 0.367. The van der Waals surface area contributed by atoms with Crippen molar-refractivity contribution in [2.75, 3.05) is 13.1 Å². The Morgan fingerprint density at radius 3 is 2.21 bits per heavy atom. The molecule has 2 aromatic rings. The monoisotopic (exact) mass is 600 g/mol. The van der Waals surface area contributed by atoms with Gasteiger partial charge in [0, 0.05) is 24.5 Å². The molecule has 0 aliphatic carbocycles. The summed E-state index contributed by atoms with van der Waals surface area (Å²) in [6.45, 7) is 22.2. The molecule has 0 saturated carbocycles. The minimum atomic E-state index is -3.70. The molecule has 0 aliphatic rings. The molecule has 2 rings (SSSR count). The maximum Gasteiger partial charge on any atom is 0.243 e. The van der Waals surface area contributed by atoms with Crippen LogP contribution in [0.25, 0.3) is 0 Å². The second kappa shape index (κ2) is 13.2. The highest BCUT2D eigenvalue weighted by molar-refractivity contribution is 7.89. The van der Waals surface area contributed by atoms with E-state index in [1.54, 1.807) is 39.9 Å². The third-order valence-electron chi connectivity index (χ3n) is 6.90. The number of sulfonamides is 1. The van der Waals surface area contributed by atoms with E-state index in [1.807, 2.05) is 32.2 Å². The largest absolute Gasteiger partial charge is 0.408 e. The van der Waals surface area contributed by atoms with Gasteiger partial charge in [-0.25, -0.2) is 17.3 Å². The number of thiophene rings is 1. The van der Waals surface area contributed by atoms with Crippen molar-refractivity contribution in [3.8, 4) is 0 Å². The highest BCUT2D eigenvalue weighted by Gasteiger charge is 2.41. The molecule has 10 heteroatoms. The second-order valence-electron chi connectivity index (χ2n) is 12.8. The smallest absolute Gasteiger partial charge is 0.243 e. The first-order valence-corrected chi connectivity index (χ1v) is 19.7. The number of rotatable bonds is 13. The normalized spacial score (nSPS) is 15.3. The van der Waals surface area contributed by atoms with Gasteiger partial charge in [0.1, 0.15) is 0 Å². The van der Waals surface area contributed by atoms with Crippen molar-refractivity contribution >= 4 is 40.7 Å². The Balaban J connectivity index is 2.44. The van der Waals surface area contributed by atoms with Gasteiger partial charge in [0.2, 0.25) is 10.0 Å². The summed E-state index contributed by atoms with van der Waals surface area (Å²) in [6, 6.07) is 10.7. The molecular weight excluding hydrogens is 553 g/mol. The Morgan fingerprint density at radius 1 is 1.08 bits per heavy atom. The quantitative estimate of drug-likeness (QED) is 0.249. The summed E-state index contributed by atoms with van der Waals surface area (Å²) >= 11 is 1.58. The summed E-state index contributed by atoms with van der Waals surface area (Å²) in [5.41, 5.74) is 1.02. The van der Waals surface area contributed by atoms with Crippen LogP contribution in [0.15, 0.2) is 46.7 Å². The summed E-state index contributed by atoms with van der Waals surface area (Å²) in [7, 11) is -7.11. The zero-order valence-electron chi connectivity index (χ0n) is 24.8. The van der Waals surface area contributed by atoms with Gasteiger partial charge in [0.25, 0.3) is 0 Å². The third-order valence-corrected chi connectivity index (χ3v) is 15.9. The minimum Gasteiger partial charge on any atom is -0.408 e. The molecule has 0 fully saturated rings. The highest BCUT2D eigenvalue weighted by atomic mass is 32.2. The molecular formula is C28H48N2O4S3Si. The molecule has 0 aliphatic heterocycles. The van der Waals surface area contributed by atoms with Crippen molar-refractivity contribution in [2.24, 2.45) is 5.92 Å². The van der Waals surface area contributed by atoms with Gasteiger partial charge in [-0.1, -0.05) is 52.8 Å². The molecule has 1 aromatic carbocycles. The lowest BCUT2D eigenvalue weighted by Crippen LogP contribution is -2.45. The Morgan fingerprint density at radius 2 is 1.68 bits per heavy atom. The summed E-state index contributed by atoms with van der Waals surface area (Å²) in [6.07, 6.45) is 0.366. The van der Waals surface area contributed by atoms with E-state index in [1.165, 1.54) is 0 Å². The molecule has 1 heterocycles. The van der Waals surface area contributed by atoms with E-state index in [9.17, 15) is 12.6 Å². The topological polar surface area (TPSA) is 75.7 Å².